The van der Waals surface area contributed by atoms with Gasteiger partial charge < -0.3 is 10.6 Å². The molecular weight excluding hydrogens is 267 g/mol. The second-order valence-corrected chi connectivity index (χ2v) is 4.36. The van der Waals surface area contributed by atoms with Crippen LogP contribution in [0.5, 0.6) is 0 Å². The average Bonchev–Trinajstić information content (AvgIpc) is 2.36. The van der Waals surface area contributed by atoms with Gasteiger partial charge in [-0.05, 0) is 36.4 Å². The molecule has 0 heterocycles. The van der Waals surface area contributed by atoms with Crippen molar-refractivity contribution in [1.82, 2.24) is 0 Å². The Morgan fingerprint density at radius 2 is 1.84 bits per heavy atom. The largest absolute Gasteiger partial charge is 0.376 e. The number of hydrogen-bond donors (Lipinski definition) is 2. The molecular formula is C14H12ClFN2O. The lowest BCUT2D eigenvalue weighted by molar-refractivity contribution is -0.114. The highest BCUT2D eigenvalue weighted by molar-refractivity contribution is 6.30. The first-order valence-electron chi connectivity index (χ1n) is 5.68. The number of anilines is 2. The van der Waals surface area contributed by atoms with E-state index < -0.39 is 0 Å². The van der Waals surface area contributed by atoms with E-state index in [-0.39, 0.29) is 18.3 Å². The Morgan fingerprint density at radius 3 is 2.58 bits per heavy atom. The standard InChI is InChI=1S/C14H12ClFN2O/c15-10-3-1-6-13(7-10)18-14(19)9-17-12-5-2-4-11(16)8-12/h1-8,17H,9H2,(H,18,19). The molecule has 0 atom stereocenters. The van der Waals surface area contributed by atoms with Crippen molar-refractivity contribution >= 4 is 28.9 Å². The molecule has 1 amide bonds. The maximum Gasteiger partial charge on any atom is 0.243 e. The number of hydrogen-bond acceptors (Lipinski definition) is 2. The van der Waals surface area contributed by atoms with Gasteiger partial charge in [0.25, 0.3) is 0 Å². The second kappa shape index (κ2) is 6.20. The van der Waals surface area contributed by atoms with Crippen molar-refractivity contribution in [2.24, 2.45) is 0 Å². The third-order valence-corrected chi connectivity index (χ3v) is 2.62. The van der Waals surface area contributed by atoms with Crippen LogP contribution in [0, 0.1) is 5.82 Å². The van der Waals surface area contributed by atoms with E-state index in [4.69, 9.17) is 11.6 Å². The molecule has 19 heavy (non-hydrogen) atoms. The summed E-state index contributed by atoms with van der Waals surface area (Å²) in [6.45, 7) is 0.0516. The lowest BCUT2D eigenvalue weighted by Gasteiger charge is -2.08. The summed E-state index contributed by atoms with van der Waals surface area (Å²) in [7, 11) is 0. The lowest BCUT2D eigenvalue weighted by atomic mass is 10.3. The number of carbonyl (C=O) groups is 1. The minimum atomic E-state index is -0.347. The van der Waals surface area contributed by atoms with E-state index in [1.807, 2.05) is 0 Å². The summed E-state index contributed by atoms with van der Waals surface area (Å²) in [6.07, 6.45) is 0. The van der Waals surface area contributed by atoms with E-state index in [0.29, 0.717) is 16.4 Å². The van der Waals surface area contributed by atoms with Gasteiger partial charge in [-0.3, -0.25) is 4.79 Å². The monoisotopic (exact) mass is 278 g/mol. The molecule has 0 spiro atoms. The van der Waals surface area contributed by atoms with Crippen LogP contribution >= 0.6 is 11.6 Å². The van der Waals surface area contributed by atoms with Crippen LogP contribution in [0.1, 0.15) is 0 Å². The van der Waals surface area contributed by atoms with Crippen LogP contribution in [0.15, 0.2) is 48.5 Å². The SMILES string of the molecule is O=C(CNc1cccc(F)c1)Nc1cccc(Cl)c1. The molecule has 0 saturated carbocycles. The second-order valence-electron chi connectivity index (χ2n) is 3.92. The van der Waals surface area contributed by atoms with Crippen LogP contribution < -0.4 is 10.6 Å². The Labute approximate surface area is 115 Å². The molecule has 0 radical (unpaired) electrons. The van der Waals surface area contributed by atoms with Crippen molar-refractivity contribution in [1.29, 1.82) is 0 Å². The molecule has 5 heteroatoms. The highest BCUT2D eigenvalue weighted by Crippen LogP contribution is 2.15. The van der Waals surface area contributed by atoms with Crippen LogP contribution in [0.25, 0.3) is 0 Å². The van der Waals surface area contributed by atoms with Crippen LogP contribution in [0.3, 0.4) is 0 Å². The predicted molar refractivity (Wildman–Crippen MR) is 75.0 cm³/mol. The molecule has 2 rings (SSSR count). The van der Waals surface area contributed by atoms with Crippen LogP contribution in [0.4, 0.5) is 15.8 Å². The van der Waals surface area contributed by atoms with Crippen LogP contribution in [0.2, 0.25) is 5.02 Å². The van der Waals surface area contributed by atoms with E-state index in [1.165, 1.54) is 12.1 Å². The topological polar surface area (TPSA) is 41.1 Å². The predicted octanol–water partition coefficient (Wildman–Crippen LogP) is 3.53. The van der Waals surface area contributed by atoms with Crippen LogP contribution in [-0.2, 0) is 4.79 Å². The van der Waals surface area contributed by atoms with E-state index in [0.717, 1.165) is 0 Å². The summed E-state index contributed by atoms with van der Waals surface area (Å²) in [4.78, 5) is 11.7. The summed E-state index contributed by atoms with van der Waals surface area (Å²) in [6, 6.07) is 12.8. The first kappa shape index (κ1) is 13.4. The van der Waals surface area contributed by atoms with Gasteiger partial charge in [-0.25, -0.2) is 4.39 Å². The number of halogens is 2. The van der Waals surface area contributed by atoms with Crippen molar-refractivity contribution < 1.29 is 9.18 Å². The molecule has 0 aromatic heterocycles. The molecule has 0 saturated heterocycles. The highest BCUT2D eigenvalue weighted by Gasteiger charge is 2.03. The Bertz CT molecular complexity index is 589. The average molecular weight is 279 g/mol. The van der Waals surface area contributed by atoms with Gasteiger partial charge in [0.1, 0.15) is 5.82 Å². The first-order valence-corrected chi connectivity index (χ1v) is 6.06. The van der Waals surface area contributed by atoms with Gasteiger partial charge in [-0.1, -0.05) is 23.7 Å². The number of rotatable bonds is 4. The molecule has 0 aliphatic heterocycles. The zero-order valence-electron chi connectivity index (χ0n) is 9.99. The maximum atomic E-state index is 12.9. The van der Waals surface area contributed by atoms with Crippen LogP contribution in [-0.4, -0.2) is 12.5 Å². The molecule has 2 N–H and O–H groups in total. The highest BCUT2D eigenvalue weighted by atomic mass is 35.5. The molecule has 98 valence electrons. The molecule has 0 aliphatic carbocycles. The zero-order chi connectivity index (χ0) is 13.7. The summed E-state index contributed by atoms with van der Waals surface area (Å²) >= 11 is 5.81. The smallest absolute Gasteiger partial charge is 0.243 e. The van der Waals surface area contributed by atoms with E-state index in [1.54, 1.807) is 36.4 Å². The van der Waals surface area contributed by atoms with Crippen molar-refractivity contribution in [3.8, 4) is 0 Å². The summed E-state index contributed by atoms with van der Waals surface area (Å²) in [5.41, 5.74) is 1.18. The Kier molecular flexibility index (Phi) is 4.36. The third-order valence-electron chi connectivity index (χ3n) is 2.39. The van der Waals surface area contributed by atoms with Crippen molar-refractivity contribution in [2.45, 2.75) is 0 Å². The first-order chi connectivity index (χ1) is 9.13. The van der Waals surface area contributed by atoms with Gasteiger partial charge in [0.15, 0.2) is 0 Å². The molecule has 0 bridgehead atoms. The molecule has 3 nitrogen and oxygen atoms in total. The number of benzene rings is 2. The Morgan fingerprint density at radius 1 is 1.11 bits per heavy atom. The Hall–Kier alpha value is -2.07. The fraction of sp³-hybridized carbons (Fsp3) is 0.0714. The number of nitrogens with one attached hydrogen (secondary N) is 2. The fourth-order valence-electron chi connectivity index (χ4n) is 1.55. The summed E-state index contributed by atoms with van der Waals surface area (Å²) < 4.78 is 12.9. The van der Waals surface area contributed by atoms with Gasteiger partial charge >= 0.3 is 0 Å². The summed E-state index contributed by atoms with van der Waals surface area (Å²) in [5, 5.41) is 6.07. The molecule has 2 aromatic rings. The molecule has 0 fully saturated rings. The fourth-order valence-corrected chi connectivity index (χ4v) is 1.74. The van der Waals surface area contributed by atoms with E-state index in [9.17, 15) is 9.18 Å². The Balaban J connectivity index is 1.88. The van der Waals surface area contributed by atoms with Gasteiger partial charge in [-0.15, -0.1) is 0 Å². The number of carbonyl (C=O) groups excluding carboxylic acids is 1. The third kappa shape index (κ3) is 4.26. The lowest BCUT2D eigenvalue weighted by Crippen LogP contribution is -2.21. The minimum Gasteiger partial charge on any atom is -0.376 e. The van der Waals surface area contributed by atoms with Crippen molar-refractivity contribution in [3.05, 3.63) is 59.4 Å². The molecule has 2 aromatic carbocycles. The van der Waals surface area contributed by atoms with E-state index in [2.05, 4.69) is 10.6 Å². The normalized spacial score (nSPS) is 10.0. The van der Waals surface area contributed by atoms with Gasteiger partial charge in [0.2, 0.25) is 5.91 Å². The molecule has 0 unspecified atom stereocenters. The summed E-state index contributed by atoms with van der Waals surface area (Å²) in [5.74, 6) is -0.577. The minimum absolute atomic E-state index is 0.0516. The van der Waals surface area contributed by atoms with Gasteiger partial charge in [0.05, 0.1) is 6.54 Å². The van der Waals surface area contributed by atoms with Crippen molar-refractivity contribution in [3.63, 3.8) is 0 Å². The van der Waals surface area contributed by atoms with Gasteiger partial charge in [-0.2, -0.15) is 0 Å². The quantitative estimate of drug-likeness (QED) is 0.898. The maximum absolute atomic E-state index is 12.9. The molecule has 0 aliphatic rings. The van der Waals surface area contributed by atoms with Gasteiger partial charge in [0, 0.05) is 16.4 Å². The number of amides is 1. The van der Waals surface area contributed by atoms with Crippen molar-refractivity contribution in [2.75, 3.05) is 17.2 Å². The van der Waals surface area contributed by atoms with E-state index >= 15 is 0 Å². The zero-order valence-corrected chi connectivity index (χ0v) is 10.7.